The van der Waals surface area contributed by atoms with Gasteiger partial charge in [0, 0.05) is 44.7 Å². The minimum absolute atomic E-state index is 0.0369. The van der Waals surface area contributed by atoms with E-state index >= 15 is 0 Å². The Morgan fingerprint density at radius 2 is 2.08 bits per heavy atom. The number of hydrogen-bond donors (Lipinski definition) is 1. The number of nitriles is 1. The second-order valence-corrected chi connectivity index (χ2v) is 7.06. The first kappa shape index (κ1) is 17.5. The molecule has 1 aliphatic carbocycles. The summed E-state index contributed by atoms with van der Waals surface area (Å²) < 4.78 is 5.84. The van der Waals surface area contributed by atoms with Crippen LogP contribution in [0, 0.1) is 11.3 Å². The van der Waals surface area contributed by atoms with Gasteiger partial charge in [-0.3, -0.25) is 0 Å². The third-order valence-corrected chi connectivity index (χ3v) is 4.94. The average molecular weight is 346 g/mol. The number of rotatable bonds is 5. The Labute approximate surface area is 148 Å². The van der Waals surface area contributed by atoms with E-state index in [2.05, 4.69) is 28.2 Å². The summed E-state index contributed by atoms with van der Waals surface area (Å²) in [6.45, 7) is 5.19. The Bertz CT molecular complexity index is 653. The largest absolute Gasteiger partial charge is 0.423 e. The molecule has 1 saturated heterocycles. The third-order valence-electron chi connectivity index (χ3n) is 4.94. The van der Waals surface area contributed by atoms with Crippen LogP contribution in [0.1, 0.15) is 37.3 Å². The number of urea groups is 1. The molecule has 2 amide bonds. The van der Waals surface area contributed by atoms with Crippen molar-refractivity contribution in [2.75, 3.05) is 51.7 Å². The summed E-state index contributed by atoms with van der Waals surface area (Å²) in [7, 11) is 3.99. The summed E-state index contributed by atoms with van der Waals surface area (Å²) in [5, 5.41) is 12.3. The van der Waals surface area contributed by atoms with Crippen molar-refractivity contribution in [1.82, 2.24) is 20.1 Å². The van der Waals surface area contributed by atoms with Crippen LogP contribution >= 0.6 is 0 Å². The van der Waals surface area contributed by atoms with Gasteiger partial charge in [0.15, 0.2) is 0 Å². The van der Waals surface area contributed by atoms with E-state index in [1.807, 2.05) is 23.9 Å². The van der Waals surface area contributed by atoms with Crippen LogP contribution in [0.2, 0.25) is 0 Å². The lowest BCUT2D eigenvalue weighted by Gasteiger charge is -2.34. The predicted octanol–water partition coefficient (Wildman–Crippen LogP) is 1.21. The SMILES string of the molecule is CC(CNC(=O)N1CCN(c2oc(C3CC3)nc2C#N)CC1)N(C)C. The third kappa shape index (κ3) is 4.04. The van der Waals surface area contributed by atoms with Crippen molar-refractivity contribution >= 4 is 11.9 Å². The molecule has 1 atom stereocenters. The van der Waals surface area contributed by atoms with E-state index in [0.29, 0.717) is 62.2 Å². The van der Waals surface area contributed by atoms with Crippen LogP contribution in [0.15, 0.2) is 4.42 Å². The molecule has 1 unspecified atom stereocenters. The van der Waals surface area contributed by atoms with Crippen molar-refractivity contribution in [1.29, 1.82) is 5.26 Å². The van der Waals surface area contributed by atoms with Gasteiger partial charge in [0.25, 0.3) is 0 Å². The van der Waals surface area contributed by atoms with Crippen LogP contribution in [-0.4, -0.2) is 73.7 Å². The van der Waals surface area contributed by atoms with Gasteiger partial charge in [-0.15, -0.1) is 0 Å². The van der Waals surface area contributed by atoms with Crippen molar-refractivity contribution in [2.45, 2.75) is 31.7 Å². The van der Waals surface area contributed by atoms with Crippen molar-refractivity contribution < 1.29 is 9.21 Å². The molecule has 1 N–H and O–H groups in total. The minimum Gasteiger partial charge on any atom is -0.423 e. The topological polar surface area (TPSA) is 88.6 Å². The fourth-order valence-corrected chi connectivity index (χ4v) is 2.76. The van der Waals surface area contributed by atoms with Gasteiger partial charge in [-0.1, -0.05) is 0 Å². The number of nitrogens with zero attached hydrogens (tertiary/aromatic N) is 5. The maximum Gasteiger partial charge on any atom is 0.317 e. The zero-order valence-electron chi connectivity index (χ0n) is 15.2. The molecule has 25 heavy (non-hydrogen) atoms. The summed E-state index contributed by atoms with van der Waals surface area (Å²) in [5.41, 5.74) is 0.361. The first-order chi connectivity index (χ1) is 12.0. The number of nitrogens with one attached hydrogen (secondary N) is 1. The lowest BCUT2D eigenvalue weighted by Crippen LogP contribution is -2.53. The number of carbonyl (C=O) groups is 1. The van der Waals surface area contributed by atoms with E-state index in [1.165, 1.54) is 0 Å². The highest BCUT2D eigenvalue weighted by Crippen LogP contribution is 2.41. The van der Waals surface area contributed by atoms with Gasteiger partial charge in [0.2, 0.25) is 17.5 Å². The molecule has 0 radical (unpaired) electrons. The number of oxazole rings is 1. The fourth-order valence-electron chi connectivity index (χ4n) is 2.76. The Morgan fingerprint density at radius 3 is 2.64 bits per heavy atom. The molecule has 1 aliphatic heterocycles. The number of likely N-dealkylation sites (N-methyl/N-ethyl adjacent to an activating group) is 1. The number of amides is 2. The molecule has 3 rings (SSSR count). The number of hydrogen-bond acceptors (Lipinski definition) is 6. The Kier molecular flexibility index (Phi) is 5.13. The molecule has 0 bridgehead atoms. The summed E-state index contributed by atoms with van der Waals surface area (Å²) in [5.74, 6) is 1.63. The van der Waals surface area contributed by atoms with Crippen molar-refractivity contribution in [2.24, 2.45) is 0 Å². The second-order valence-electron chi connectivity index (χ2n) is 7.06. The summed E-state index contributed by atoms with van der Waals surface area (Å²) in [4.78, 5) is 22.5. The molecule has 2 aliphatic rings. The molecule has 0 spiro atoms. The van der Waals surface area contributed by atoms with Crippen molar-refractivity contribution in [3.63, 3.8) is 0 Å². The van der Waals surface area contributed by atoms with Crippen LogP contribution in [0.25, 0.3) is 0 Å². The highest BCUT2D eigenvalue weighted by Gasteiger charge is 2.32. The molecule has 136 valence electrons. The quantitative estimate of drug-likeness (QED) is 0.862. The standard InChI is InChI=1S/C17H26N6O2/c1-12(21(2)3)11-19-17(24)23-8-6-22(7-9-23)16-14(10-18)20-15(25-16)13-4-5-13/h12-13H,4-9,11H2,1-3H3,(H,19,24). The van der Waals surface area contributed by atoms with Crippen LogP contribution < -0.4 is 10.2 Å². The summed E-state index contributed by atoms with van der Waals surface area (Å²) in [6.07, 6.45) is 2.17. The highest BCUT2D eigenvalue weighted by atomic mass is 16.4. The van der Waals surface area contributed by atoms with Gasteiger partial charge in [0.05, 0.1) is 0 Å². The maximum absolute atomic E-state index is 12.3. The second kappa shape index (κ2) is 7.31. The summed E-state index contributed by atoms with van der Waals surface area (Å²) >= 11 is 0. The number of carbonyl (C=O) groups excluding carboxylic acids is 1. The molecule has 8 heteroatoms. The Morgan fingerprint density at radius 1 is 1.40 bits per heavy atom. The highest BCUT2D eigenvalue weighted by molar-refractivity contribution is 5.74. The van der Waals surface area contributed by atoms with E-state index in [1.54, 1.807) is 0 Å². The van der Waals surface area contributed by atoms with Gasteiger partial charge in [-0.2, -0.15) is 5.26 Å². The smallest absolute Gasteiger partial charge is 0.317 e. The first-order valence-corrected chi connectivity index (χ1v) is 8.84. The fraction of sp³-hybridized carbons (Fsp3) is 0.706. The van der Waals surface area contributed by atoms with E-state index in [0.717, 1.165) is 12.8 Å². The van der Waals surface area contributed by atoms with Crippen LogP contribution in [0.5, 0.6) is 0 Å². The molecular weight excluding hydrogens is 320 g/mol. The van der Waals surface area contributed by atoms with E-state index in [-0.39, 0.29) is 6.03 Å². The van der Waals surface area contributed by atoms with Crippen LogP contribution in [-0.2, 0) is 0 Å². The number of aromatic nitrogens is 1. The first-order valence-electron chi connectivity index (χ1n) is 8.84. The Hall–Kier alpha value is -2.27. The Balaban J connectivity index is 1.53. The molecule has 2 heterocycles. The molecule has 2 fully saturated rings. The lowest BCUT2D eigenvalue weighted by molar-refractivity contribution is 0.189. The van der Waals surface area contributed by atoms with Crippen LogP contribution in [0.3, 0.4) is 0 Å². The van der Waals surface area contributed by atoms with Gasteiger partial charge >= 0.3 is 6.03 Å². The zero-order valence-corrected chi connectivity index (χ0v) is 15.2. The van der Waals surface area contributed by atoms with Crippen LogP contribution in [0.4, 0.5) is 10.7 Å². The van der Waals surface area contributed by atoms with Gasteiger partial charge in [0.1, 0.15) is 6.07 Å². The van der Waals surface area contributed by atoms with Gasteiger partial charge < -0.3 is 24.4 Å². The van der Waals surface area contributed by atoms with E-state index in [9.17, 15) is 10.1 Å². The molecular formula is C17H26N6O2. The minimum atomic E-state index is -0.0369. The van der Waals surface area contributed by atoms with Gasteiger partial charge in [-0.05, 0) is 33.9 Å². The number of piperazine rings is 1. The average Bonchev–Trinajstić information content (AvgIpc) is 3.38. The normalized spacial score (nSPS) is 19.0. The molecule has 1 saturated carbocycles. The molecule has 1 aromatic heterocycles. The monoisotopic (exact) mass is 346 g/mol. The molecule has 0 aromatic carbocycles. The maximum atomic E-state index is 12.3. The van der Waals surface area contributed by atoms with Crippen molar-refractivity contribution in [3.05, 3.63) is 11.6 Å². The number of anilines is 1. The molecule has 1 aromatic rings. The van der Waals surface area contributed by atoms with Gasteiger partial charge in [-0.25, -0.2) is 9.78 Å². The molecule has 8 nitrogen and oxygen atoms in total. The van der Waals surface area contributed by atoms with E-state index in [4.69, 9.17) is 4.42 Å². The van der Waals surface area contributed by atoms with Crippen molar-refractivity contribution in [3.8, 4) is 6.07 Å². The predicted molar refractivity (Wildman–Crippen MR) is 93.5 cm³/mol. The zero-order chi connectivity index (χ0) is 18.0. The lowest BCUT2D eigenvalue weighted by atomic mass is 10.3. The summed E-state index contributed by atoms with van der Waals surface area (Å²) in [6, 6.07) is 2.38. The van der Waals surface area contributed by atoms with E-state index < -0.39 is 0 Å².